The zero-order valence-corrected chi connectivity index (χ0v) is 13.4. The highest BCUT2D eigenvalue weighted by molar-refractivity contribution is 6.01. The van der Waals surface area contributed by atoms with Crippen molar-refractivity contribution in [3.8, 4) is 0 Å². The highest BCUT2D eigenvalue weighted by atomic mass is 35.5. The minimum atomic E-state index is -4.49. The molecule has 2 heterocycles. The number of rotatable bonds is 1. The van der Waals surface area contributed by atoms with Gasteiger partial charge in [-0.2, -0.15) is 13.2 Å². The van der Waals surface area contributed by atoms with E-state index in [-0.39, 0.29) is 29.9 Å². The van der Waals surface area contributed by atoms with Crippen LogP contribution in [0.15, 0.2) is 12.1 Å². The van der Waals surface area contributed by atoms with E-state index < -0.39 is 17.6 Å². The molecule has 0 spiro atoms. The first-order valence-electron chi connectivity index (χ1n) is 7.64. The Bertz CT molecular complexity index is 661. The third-order valence-corrected chi connectivity index (χ3v) is 5.11. The Morgan fingerprint density at radius 1 is 1.30 bits per heavy atom. The lowest BCUT2D eigenvalue weighted by atomic mass is 9.93. The molecule has 126 valence electrons. The fourth-order valence-electron chi connectivity index (χ4n) is 3.78. The fraction of sp³-hybridized carbons (Fsp3) is 0.562. The lowest BCUT2D eigenvalue weighted by molar-refractivity contribution is -0.138. The third kappa shape index (κ3) is 2.52. The molecule has 1 saturated heterocycles. The highest BCUT2D eigenvalue weighted by Gasteiger charge is 2.47. The van der Waals surface area contributed by atoms with E-state index in [0.29, 0.717) is 31.1 Å². The number of nitrogens with one attached hydrogen (secondary N) is 1. The molecule has 1 aromatic rings. The second kappa shape index (κ2) is 5.38. The van der Waals surface area contributed by atoms with E-state index in [2.05, 4.69) is 5.32 Å². The normalized spacial score (nSPS) is 29.0. The van der Waals surface area contributed by atoms with Crippen LogP contribution in [-0.2, 0) is 6.18 Å². The van der Waals surface area contributed by atoms with E-state index in [1.165, 1.54) is 6.07 Å². The maximum atomic E-state index is 13.5. The average Bonchev–Trinajstić information content (AvgIpc) is 3.14. The minimum absolute atomic E-state index is 0. The van der Waals surface area contributed by atoms with Crippen LogP contribution in [0.2, 0.25) is 0 Å². The maximum absolute atomic E-state index is 13.5. The van der Waals surface area contributed by atoms with E-state index >= 15 is 0 Å². The van der Waals surface area contributed by atoms with E-state index in [0.717, 1.165) is 12.0 Å². The smallest absolute Gasteiger partial charge is 0.329 e. The maximum Gasteiger partial charge on any atom is 0.417 e. The van der Waals surface area contributed by atoms with Crippen molar-refractivity contribution in [2.45, 2.75) is 31.5 Å². The number of carbonyl (C=O) groups excluding carboxylic acids is 1. The van der Waals surface area contributed by atoms with E-state index in [1.54, 1.807) is 4.90 Å². The summed E-state index contributed by atoms with van der Waals surface area (Å²) in [4.78, 5) is 14.0. The molecule has 7 heteroatoms. The Morgan fingerprint density at radius 2 is 2.00 bits per heavy atom. The van der Waals surface area contributed by atoms with Crippen LogP contribution < -0.4 is 5.32 Å². The number of piperazine rings is 1. The van der Waals surface area contributed by atoms with E-state index in [1.807, 2.05) is 13.0 Å². The van der Waals surface area contributed by atoms with Gasteiger partial charge in [-0.05, 0) is 35.4 Å². The molecule has 1 saturated carbocycles. The van der Waals surface area contributed by atoms with Crippen molar-refractivity contribution in [2.75, 3.05) is 19.6 Å². The number of alkyl halides is 3. The molecule has 1 N–H and O–H groups in total. The van der Waals surface area contributed by atoms with Gasteiger partial charge in [0.15, 0.2) is 0 Å². The molecule has 2 fully saturated rings. The van der Waals surface area contributed by atoms with Gasteiger partial charge in [0.25, 0.3) is 5.91 Å². The first-order chi connectivity index (χ1) is 10.4. The number of hydrogen-bond acceptors (Lipinski definition) is 2. The average molecular weight is 347 g/mol. The predicted octanol–water partition coefficient (Wildman–Crippen LogP) is 3.35. The van der Waals surface area contributed by atoms with Gasteiger partial charge in [-0.15, -0.1) is 12.4 Å². The zero-order valence-electron chi connectivity index (χ0n) is 12.6. The summed E-state index contributed by atoms with van der Waals surface area (Å²) in [7, 11) is 0. The molecule has 1 aromatic carbocycles. The van der Waals surface area contributed by atoms with Crippen LogP contribution in [0.1, 0.15) is 52.4 Å². The first kappa shape index (κ1) is 16.6. The highest BCUT2D eigenvalue weighted by Crippen LogP contribution is 2.51. The molecule has 3 aliphatic rings. The van der Waals surface area contributed by atoms with Gasteiger partial charge in [-0.1, -0.05) is 13.0 Å². The standard InChI is InChI=1S/C16H17F3N2O.ClH/c1-8-4-10(8)9-5-11-13-7-20-2-3-21(13)15(22)14(11)12(6-9)16(17,18)19;/h5-6,8,10,13,20H,2-4,7H2,1H3;1H/t8-,10-,13-;/m0./s1. The van der Waals surface area contributed by atoms with Crippen LogP contribution in [-0.4, -0.2) is 30.4 Å². The molecule has 0 aromatic heterocycles. The van der Waals surface area contributed by atoms with Gasteiger partial charge in [0.2, 0.25) is 0 Å². The fourth-order valence-corrected chi connectivity index (χ4v) is 3.78. The molecule has 3 atom stereocenters. The molecular weight excluding hydrogens is 329 g/mol. The van der Waals surface area contributed by atoms with Gasteiger partial charge in [0.1, 0.15) is 0 Å². The SMILES string of the molecule is C[C@H]1C[C@@H]1c1cc2c(c(C(F)(F)F)c1)C(=O)N1CCNC[C@@H]21.Cl. The van der Waals surface area contributed by atoms with Gasteiger partial charge < -0.3 is 10.2 Å². The topological polar surface area (TPSA) is 32.3 Å². The second-order valence-corrected chi connectivity index (χ2v) is 6.57. The number of carbonyl (C=O) groups is 1. The molecule has 1 aliphatic carbocycles. The summed E-state index contributed by atoms with van der Waals surface area (Å²) in [5.41, 5.74) is 0.414. The molecule has 4 rings (SSSR count). The largest absolute Gasteiger partial charge is 0.417 e. The molecule has 3 nitrogen and oxygen atoms in total. The number of nitrogens with zero attached hydrogens (tertiary/aromatic N) is 1. The Labute approximate surface area is 138 Å². The van der Waals surface area contributed by atoms with Crippen LogP contribution in [0, 0.1) is 5.92 Å². The number of amides is 1. The van der Waals surface area contributed by atoms with Crippen LogP contribution in [0.5, 0.6) is 0 Å². The van der Waals surface area contributed by atoms with Crippen molar-refractivity contribution >= 4 is 18.3 Å². The van der Waals surface area contributed by atoms with Crippen molar-refractivity contribution in [3.63, 3.8) is 0 Å². The number of halogens is 4. The van der Waals surface area contributed by atoms with E-state index in [4.69, 9.17) is 0 Å². The molecular formula is C16H18ClF3N2O. The summed E-state index contributed by atoms with van der Waals surface area (Å²) in [5, 5.41) is 3.17. The van der Waals surface area contributed by atoms with Gasteiger partial charge >= 0.3 is 6.18 Å². The summed E-state index contributed by atoms with van der Waals surface area (Å²) >= 11 is 0. The molecule has 23 heavy (non-hydrogen) atoms. The quantitative estimate of drug-likeness (QED) is 0.845. The predicted molar refractivity (Wildman–Crippen MR) is 81.9 cm³/mol. The summed E-state index contributed by atoms with van der Waals surface area (Å²) in [5.74, 6) is 0.160. The van der Waals surface area contributed by atoms with Gasteiger partial charge in [0, 0.05) is 19.6 Å². The van der Waals surface area contributed by atoms with Crippen molar-refractivity contribution in [3.05, 3.63) is 34.4 Å². The summed E-state index contributed by atoms with van der Waals surface area (Å²) in [6.07, 6.45) is -3.56. The lowest BCUT2D eigenvalue weighted by Gasteiger charge is -2.30. The number of hydrogen-bond donors (Lipinski definition) is 1. The third-order valence-electron chi connectivity index (χ3n) is 5.11. The Morgan fingerprint density at radius 3 is 2.61 bits per heavy atom. The zero-order chi connectivity index (χ0) is 15.6. The summed E-state index contributed by atoms with van der Waals surface area (Å²) in [6.45, 7) is 3.67. The van der Waals surface area contributed by atoms with Gasteiger partial charge in [-0.25, -0.2) is 0 Å². The summed E-state index contributed by atoms with van der Waals surface area (Å²) in [6, 6.07) is 2.79. The van der Waals surface area contributed by atoms with Gasteiger partial charge in [0.05, 0.1) is 17.2 Å². The Kier molecular flexibility index (Phi) is 3.88. The molecule has 0 bridgehead atoms. The van der Waals surface area contributed by atoms with Crippen molar-refractivity contribution < 1.29 is 18.0 Å². The monoisotopic (exact) mass is 346 g/mol. The number of benzene rings is 1. The lowest BCUT2D eigenvalue weighted by Crippen LogP contribution is -2.44. The van der Waals surface area contributed by atoms with Crippen molar-refractivity contribution in [2.24, 2.45) is 5.92 Å². The van der Waals surface area contributed by atoms with Crippen LogP contribution in [0.4, 0.5) is 13.2 Å². The Hall–Kier alpha value is -1.27. The Balaban J connectivity index is 0.00000156. The van der Waals surface area contributed by atoms with Crippen LogP contribution >= 0.6 is 12.4 Å². The molecule has 2 aliphatic heterocycles. The van der Waals surface area contributed by atoms with Gasteiger partial charge in [-0.3, -0.25) is 4.79 Å². The number of fused-ring (bicyclic) bond motifs is 3. The molecule has 0 unspecified atom stereocenters. The molecule has 1 amide bonds. The van der Waals surface area contributed by atoms with Crippen molar-refractivity contribution in [1.29, 1.82) is 0 Å². The van der Waals surface area contributed by atoms with Crippen LogP contribution in [0.25, 0.3) is 0 Å². The second-order valence-electron chi connectivity index (χ2n) is 6.57. The van der Waals surface area contributed by atoms with E-state index in [9.17, 15) is 18.0 Å². The first-order valence-corrected chi connectivity index (χ1v) is 7.64. The molecule has 0 radical (unpaired) electrons. The van der Waals surface area contributed by atoms with Crippen molar-refractivity contribution in [1.82, 2.24) is 10.2 Å². The summed E-state index contributed by atoms with van der Waals surface area (Å²) < 4.78 is 40.4. The minimum Gasteiger partial charge on any atom is -0.329 e. The van der Waals surface area contributed by atoms with Crippen LogP contribution in [0.3, 0.4) is 0 Å².